The van der Waals surface area contributed by atoms with Crippen molar-refractivity contribution < 1.29 is 28.7 Å². The van der Waals surface area contributed by atoms with Gasteiger partial charge in [-0.1, -0.05) is 48.5 Å². The van der Waals surface area contributed by atoms with Gasteiger partial charge in [0.15, 0.2) is 0 Å². The Bertz CT molecular complexity index is 1130. The fourth-order valence-electron chi connectivity index (χ4n) is 2.87. The highest BCUT2D eigenvalue weighted by molar-refractivity contribution is 5.98. The molecule has 0 aromatic heterocycles. The Morgan fingerprint density at radius 3 is 2.00 bits per heavy atom. The number of esters is 1. The number of benzene rings is 3. The van der Waals surface area contributed by atoms with Gasteiger partial charge in [0.25, 0.3) is 11.8 Å². The summed E-state index contributed by atoms with van der Waals surface area (Å²) in [4.78, 5) is 48.7. The van der Waals surface area contributed by atoms with E-state index in [0.29, 0.717) is 22.6 Å². The Morgan fingerprint density at radius 1 is 0.794 bits per heavy atom. The molecule has 3 N–H and O–H groups in total. The number of nitrogens with one attached hydrogen (secondary N) is 3. The lowest BCUT2D eigenvalue weighted by Crippen LogP contribution is -2.42. The van der Waals surface area contributed by atoms with Crippen molar-refractivity contribution in [1.82, 2.24) is 16.0 Å². The molecule has 3 rings (SSSR count). The zero-order valence-electron chi connectivity index (χ0n) is 18.3. The molecular formula is C25H23N3O6. The predicted molar refractivity (Wildman–Crippen MR) is 123 cm³/mol. The van der Waals surface area contributed by atoms with Crippen molar-refractivity contribution in [3.05, 3.63) is 96.1 Å². The third-order valence-corrected chi connectivity index (χ3v) is 4.54. The Hall–Kier alpha value is -4.66. The first-order valence-electron chi connectivity index (χ1n) is 10.3. The molecule has 0 aliphatic carbocycles. The maximum atomic E-state index is 12.4. The first-order valence-corrected chi connectivity index (χ1v) is 10.3. The number of ether oxygens (including phenoxy) is 2. The van der Waals surface area contributed by atoms with E-state index in [1.807, 2.05) is 30.3 Å². The number of carbonyl (C=O) groups is 4. The standard InChI is InChI=1S/C25H23N3O6/c1-26-25(32)28-24(31)22(17-8-4-2-5-9-17)34-21(29)16-27-23(30)18-12-14-20(15-13-18)33-19-10-6-3-7-11-19/h2-15,22H,16H2,1H3,(H,27,30)(H2,26,28,31,32)/t22-/m1/s1. The molecule has 3 aromatic carbocycles. The summed E-state index contributed by atoms with van der Waals surface area (Å²) in [6, 6.07) is 23.1. The molecule has 4 amide bonds. The number of urea groups is 1. The summed E-state index contributed by atoms with van der Waals surface area (Å²) in [5.74, 6) is -0.960. The average molecular weight is 461 g/mol. The van der Waals surface area contributed by atoms with Crippen molar-refractivity contribution in [1.29, 1.82) is 0 Å². The minimum absolute atomic E-state index is 0.310. The molecule has 0 spiro atoms. The molecule has 0 saturated carbocycles. The molecule has 0 saturated heterocycles. The topological polar surface area (TPSA) is 123 Å². The van der Waals surface area contributed by atoms with Crippen molar-refractivity contribution >= 4 is 23.8 Å². The lowest BCUT2D eigenvalue weighted by molar-refractivity contribution is -0.155. The van der Waals surface area contributed by atoms with Crippen LogP contribution in [0.4, 0.5) is 4.79 Å². The predicted octanol–water partition coefficient (Wildman–Crippen LogP) is 2.95. The Labute approximate surface area is 196 Å². The molecule has 9 heteroatoms. The summed E-state index contributed by atoms with van der Waals surface area (Å²) >= 11 is 0. The summed E-state index contributed by atoms with van der Waals surface area (Å²) in [7, 11) is 1.35. The molecular weight excluding hydrogens is 438 g/mol. The molecule has 3 aromatic rings. The lowest BCUT2D eigenvalue weighted by Gasteiger charge is -2.17. The monoisotopic (exact) mass is 461 g/mol. The van der Waals surface area contributed by atoms with Crippen LogP contribution in [-0.4, -0.2) is 37.4 Å². The van der Waals surface area contributed by atoms with Crippen LogP contribution in [-0.2, 0) is 14.3 Å². The van der Waals surface area contributed by atoms with Crippen molar-refractivity contribution in [3.8, 4) is 11.5 Å². The molecule has 0 bridgehead atoms. The van der Waals surface area contributed by atoms with Gasteiger partial charge in [-0.15, -0.1) is 0 Å². The molecule has 0 fully saturated rings. The minimum Gasteiger partial charge on any atom is -0.457 e. The van der Waals surface area contributed by atoms with E-state index in [1.165, 1.54) is 7.05 Å². The van der Waals surface area contributed by atoms with E-state index in [9.17, 15) is 19.2 Å². The smallest absolute Gasteiger partial charge is 0.326 e. The van der Waals surface area contributed by atoms with Gasteiger partial charge in [0, 0.05) is 18.2 Å². The van der Waals surface area contributed by atoms with E-state index >= 15 is 0 Å². The fourth-order valence-corrected chi connectivity index (χ4v) is 2.87. The van der Waals surface area contributed by atoms with Gasteiger partial charge in [-0.05, 0) is 36.4 Å². The molecule has 0 radical (unpaired) electrons. The Morgan fingerprint density at radius 2 is 1.38 bits per heavy atom. The van der Waals surface area contributed by atoms with Gasteiger partial charge in [0.05, 0.1) is 0 Å². The van der Waals surface area contributed by atoms with Crippen molar-refractivity contribution in [2.45, 2.75) is 6.10 Å². The summed E-state index contributed by atoms with van der Waals surface area (Å²) in [6.45, 7) is -0.475. The SMILES string of the molecule is CNC(=O)NC(=O)[C@H](OC(=O)CNC(=O)c1ccc(Oc2ccccc2)cc1)c1ccccc1. The number of imide groups is 1. The number of carbonyl (C=O) groups excluding carboxylic acids is 4. The molecule has 9 nitrogen and oxygen atoms in total. The third-order valence-electron chi connectivity index (χ3n) is 4.54. The summed E-state index contributed by atoms with van der Waals surface area (Å²) in [5, 5.41) is 6.79. The van der Waals surface area contributed by atoms with Gasteiger partial charge in [-0.3, -0.25) is 19.7 Å². The highest BCUT2D eigenvalue weighted by Gasteiger charge is 2.26. The minimum atomic E-state index is -1.36. The van der Waals surface area contributed by atoms with Crippen LogP contribution < -0.4 is 20.7 Å². The van der Waals surface area contributed by atoms with Crippen LogP contribution in [0.5, 0.6) is 11.5 Å². The van der Waals surface area contributed by atoms with Gasteiger partial charge < -0.3 is 20.1 Å². The number of rotatable bonds is 8. The molecule has 0 unspecified atom stereocenters. The van der Waals surface area contributed by atoms with Crippen molar-refractivity contribution in [2.24, 2.45) is 0 Å². The van der Waals surface area contributed by atoms with Crippen LogP contribution in [0.1, 0.15) is 22.0 Å². The van der Waals surface area contributed by atoms with Crippen LogP contribution in [0.2, 0.25) is 0 Å². The van der Waals surface area contributed by atoms with Gasteiger partial charge in [-0.25, -0.2) is 4.79 Å². The molecule has 0 aliphatic rings. The second-order valence-electron chi connectivity index (χ2n) is 6.97. The zero-order valence-corrected chi connectivity index (χ0v) is 18.3. The maximum absolute atomic E-state index is 12.4. The largest absolute Gasteiger partial charge is 0.457 e. The first-order chi connectivity index (χ1) is 16.5. The number of hydrogen-bond acceptors (Lipinski definition) is 6. The molecule has 174 valence electrons. The van der Waals surface area contributed by atoms with E-state index in [1.54, 1.807) is 54.6 Å². The first kappa shape index (κ1) is 24.0. The molecule has 1 atom stereocenters. The second-order valence-corrected chi connectivity index (χ2v) is 6.97. The molecule has 0 aliphatic heterocycles. The number of para-hydroxylation sites is 1. The maximum Gasteiger partial charge on any atom is 0.326 e. The Balaban J connectivity index is 1.57. The highest BCUT2D eigenvalue weighted by Crippen LogP contribution is 2.21. The van der Waals surface area contributed by atoms with Gasteiger partial charge in [-0.2, -0.15) is 0 Å². The average Bonchev–Trinajstić information content (AvgIpc) is 2.87. The number of amides is 4. The quantitative estimate of drug-likeness (QED) is 0.443. The third kappa shape index (κ3) is 6.92. The Kier molecular flexibility index (Phi) is 8.34. The van der Waals surface area contributed by atoms with Gasteiger partial charge >= 0.3 is 12.0 Å². The summed E-state index contributed by atoms with van der Waals surface area (Å²) in [5.41, 5.74) is 0.683. The van der Waals surface area contributed by atoms with Crippen LogP contribution >= 0.6 is 0 Å². The second kappa shape index (κ2) is 11.8. The zero-order chi connectivity index (χ0) is 24.3. The summed E-state index contributed by atoms with van der Waals surface area (Å²) < 4.78 is 10.9. The molecule has 34 heavy (non-hydrogen) atoms. The fraction of sp³-hybridized carbons (Fsp3) is 0.120. The van der Waals surface area contributed by atoms with Crippen LogP contribution in [0, 0.1) is 0 Å². The van der Waals surface area contributed by atoms with E-state index < -0.39 is 36.5 Å². The molecule has 0 heterocycles. The van der Waals surface area contributed by atoms with Crippen molar-refractivity contribution in [3.63, 3.8) is 0 Å². The van der Waals surface area contributed by atoms with Crippen molar-refractivity contribution in [2.75, 3.05) is 13.6 Å². The van der Waals surface area contributed by atoms with Crippen LogP contribution in [0.25, 0.3) is 0 Å². The normalized spacial score (nSPS) is 11.0. The lowest BCUT2D eigenvalue weighted by atomic mass is 10.1. The van der Waals surface area contributed by atoms with Crippen LogP contribution in [0.15, 0.2) is 84.9 Å². The number of hydrogen-bond donors (Lipinski definition) is 3. The van der Waals surface area contributed by atoms with Gasteiger partial charge in [0.1, 0.15) is 18.0 Å². The highest BCUT2D eigenvalue weighted by atomic mass is 16.5. The van der Waals surface area contributed by atoms with Crippen LogP contribution in [0.3, 0.4) is 0 Å². The summed E-state index contributed by atoms with van der Waals surface area (Å²) in [6.07, 6.45) is -1.36. The van der Waals surface area contributed by atoms with Gasteiger partial charge in [0.2, 0.25) is 6.10 Å². The van der Waals surface area contributed by atoms with E-state index in [4.69, 9.17) is 9.47 Å². The van der Waals surface area contributed by atoms with E-state index in [2.05, 4.69) is 16.0 Å². The van der Waals surface area contributed by atoms with E-state index in [0.717, 1.165) is 0 Å². The van der Waals surface area contributed by atoms with E-state index in [-0.39, 0.29) is 0 Å².